The van der Waals surface area contributed by atoms with Gasteiger partial charge < -0.3 is 34.9 Å². The van der Waals surface area contributed by atoms with Crippen LogP contribution >= 0.6 is 0 Å². The van der Waals surface area contributed by atoms with Gasteiger partial charge in [0.05, 0.1) is 12.5 Å². The van der Waals surface area contributed by atoms with Crippen molar-refractivity contribution in [3.63, 3.8) is 0 Å². The van der Waals surface area contributed by atoms with Crippen LogP contribution in [-0.4, -0.2) is 66.5 Å². The molecule has 1 aliphatic carbocycles. The lowest BCUT2D eigenvalue weighted by molar-refractivity contribution is -0.159. The molecule has 0 aliphatic heterocycles. The van der Waals surface area contributed by atoms with Gasteiger partial charge in [0.25, 0.3) is 0 Å². The van der Waals surface area contributed by atoms with E-state index in [-0.39, 0.29) is 37.9 Å². The number of amides is 3. The smallest absolute Gasteiger partial charge is 0.408 e. The molecule has 12 nitrogen and oxygen atoms in total. The molecule has 1 aliphatic rings. The number of rotatable bonds is 16. The predicted octanol–water partition coefficient (Wildman–Crippen LogP) is 5.71. The van der Waals surface area contributed by atoms with Gasteiger partial charge in [0.15, 0.2) is 0 Å². The standard InChI is InChI=1S/C35H55N3O9/c1-34(2,3)46-31(41)28(20-13-14-22-36-32(42)45-24-25-16-9-7-10-17-25)37-29(39)27(38-33(43)47-35(4,5)6)21-15-23-44-30(40)26-18-11-8-12-19-26/h7,9-10,16-17,26-28H,8,11-15,18-24H2,1-6H3,(H,36,42)(H,37,39)(H,38,43)/t27-,28-/m0/s1. The molecule has 1 aromatic rings. The summed E-state index contributed by atoms with van der Waals surface area (Å²) in [6.07, 6.45) is 5.16. The van der Waals surface area contributed by atoms with E-state index in [0.29, 0.717) is 25.8 Å². The van der Waals surface area contributed by atoms with Crippen molar-refractivity contribution >= 4 is 30.0 Å². The average Bonchev–Trinajstić information content (AvgIpc) is 2.99. The first-order valence-corrected chi connectivity index (χ1v) is 16.8. The van der Waals surface area contributed by atoms with Crippen LogP contribution in [0.3, 0.4) is 0 Å². The van der Waals surface area contributed by atoms with Gasteiger partial charge in [0, 0.05) is 6.54 Å². The first-order valence-electron chi connectivity index (χ1n) is 16.8. The molecule has 0 spiro atoms. The summed E-state index contributed by atoms with van der Waals surface area (Å²) < 4.78 is 21.6. The molecule has 0 aromatic heterocycles. The van der Waals surface area contributed by atoms with E-state index in [2.05, 4.69) is 16.0 Å². The summed E-state index contributed by atoms with van der Waals surface area (Å²) in [4.78, 5) is 63.7. The summed E-state index contributed by atoms with van der Waals surface area (Å²) >= 11 is 0. The molecule has 2 atom stereocenters. The van der Waals surface area contributed by atoms with Crippen molar-refractivity contribution in [3.8, 4) is 0 Å². The van der Waals surface area contributed by atoms with Crippen LogP contribution in [0.5, 0.6) is 0 Å². The number of esters is 2. The molecule has 0 heterocycles. The molecule has 0 bridgehead atoms. The van der Waals surface area contributed by atoms with Gasteiger partial charge in [-0.2, -0.15) is 0 Å². The Kier molecular flexibility index (Phi) is 16.5. The van der Waals surface area contributed by atoms with Crippen LogP contribution in [-0.2, 0) is 39.9 Å². The summed E-state index contributed by atoms with van der Waals surface area (Å²) in [5.74, 6) is -1.52. The van der Waals surface area contributed by atoms with E-state index in [1.54, 1.807) is 41.5 Å². The van der Waals surface area contributed by atoms with Crippen LogP contribution in [0.15, 0.2) is 30.3 Å². The summed E-state index contributed by atoms with van der Waals surface area (Å²) in [6, 6.07) is 7.27. The Morgan fingerprint density at radius 1 is 0.745 bits per heavy atom. The van der Waals surface area contributed by atoms with Crippen molar-refractivity contribution < 1.29 is 42.9 Å². The molecule has 0 unspecified atom stereocenters. The second-order valence-corrected chi connectivity index (χ2v) is 13.9. The molecule has 1 fully saturated rings. The normalized spacial score (nSPS) is 15.0. The Morgan fingerprint density at radius 2 is 1.38 bits per heavy atom. The fourth-order valence-electron chi connectivity index (χ4n) is 4.97. The third kappa shape index (κ3) is 17.6. The molecule has 3 amide bonds. The molecule has 1 aromatic carbocycles. The molecule has 12 heteroatoms. The maximum Gasteiger partial charge on any atom is 0.408 e. The van der Waals surface area contributed by atoms with Crippen molar-refractivity contribution in [2.75, 3.05) is 13.2 Å². The highest BCUT2D eigenvalue weighted by Crippen LogP contribution is 2.24. The maximum absolute atomic E-state index is 13.5. The van der Waals surface area contributed by atoms with E-state index in [0.717, 1.165) is 37.7 Å². The number of unbranched alkanes of at least 4 members (excludes halogenated alkanes) is 1. The third-order valence-corrected chi connectivity index (χ3v) is 7.24. The first kappa shape index (κ1) is 39.3. The minimum absolute atomic E-state index is 0.0903. The lowest BCUT2D eigenvalue weighted by Gasteiger charge is -2.27. The van der Waals surface area contributed by atoms with Crippen molar-refractivity contribution in [1.29, 1.82) is 0 Å². The number of benzene rings is 1. The van der Waals surface area contributed by atoms with Gasteiger partial charge in [-0.3, -0.25) is 9.59 Å². The quantitative estimate of drug-likeness (QED) is 0.115. The lowest BCUT2D eigenvalue weighted by atomic mass is 9.89. The van der Waals surface area contributed by atoms with E-state index in [4.69, 9.17) is 18.9 Å². The van der Waals surface area contributed by atoms with Crippen LogP contribution in [0.2, 0.25) is 0 Å². The number of nitrogens with one attached hydrogen (secondary N) is 3. The van der Waals surface area contributed by atoms with Gasteiger partial charge in [-0.25, -0.2) is 14.4 Å². The lowest BCUT2D eigenvalue weighted by Crippen LogP contribution is -2.53. The number of hydrogen-bond acceptors (Lipinski definition) is 9. The Morgan fingerprint density at radius 3 is 2.02 bits per heavy atom. The van der Waals surface area contributed by atoms with Crippen LogP contribution in [0.1, 0.15) is 111 Å². The highest BCUT2D eigenvalue weighted by Gasteiger charge is 2.31. The number of carbonyl (C=O) groups excluding carboxylic acids is 5. The Hall–Kier alpha value is -3.83. The van der Waals surface area contributed by atoms with E-state index < -0.39 is 47.3 Å². The molecule has 1 saturated carbocycles. The Bertz CT molecular complexity index is 1140. The monoisotopic (exact) mass is 661 g/mol. The van der Waals surface area contributed by atoms with Crippen molar-refractivity contribution in [2.45, 2.75) is 136 Å². The van der Waals surface area contributed by atoms with Crippen molar-refractivity contribution in [3.05, 3.63) is 35.9 Å². The van der Waals surface area contributed by atoms with Crippen LogP contribution in [0.4, 0.5) is 9.59 Å². The van der Waals surface area contributed by atoms with E-state index in [9.17, 15) is 24.0 Å². The zero-order chi connectivity index (χ0) is 34.9. The highest BCUT2D eigenvalue weighted by atomic mass is 16.6. The molecule has 3 N–H and O–H groups in total. The molecule has 47 heavy (non-hydrogen) atoms. The van der Waals surface area contributed by atoms with Gasteiger partial charge in [-0.05, 0) is 92.1 Å². The van der Waals surface area contributed by atoms with E-state index in [1.807, 2.05) is 30.3 Å². The zero-order valence-corrected chi connectivity index (χ0v) is 29.0. The van der Waals surface area contributed by atoms with Gasteiger partial charge in [0.2, 0.25) is 5.91 Å². The second kappa shape index (κ2) is 19.7. The molecular weight excluding hydrogens is 606 g/mol. The number of hydrogen-bond donors (Lipinski definition) is 3. The van der Waals surface area contributed by atoms with E-state index >= 15 is 0 Å². The van der Waals surface area contributed by atoms with Gasteiger partial charge in [0.1, 0.15) is 29.9 Å². The molecular formula is C35H55N3O9. The molecule has 0 radical (unpaired) electrons. The number of ether oxygens (including phenoxy) is 4. The fraction of sp³-hybridized carbons (Fsp3) is 0.686. The minimum atomic E-state index is -1.05. The first-order chi connectivity index (χ1) is 22.1. The van der Waals surface area contributed by atoms with Crippen LogP contribution < -0.4 is 16.0 Å². The van der Waals surface area contributed by atoms with Crippen molar-refractivity contribution in [2.24, 2.45) is 5.92 Å². The molecule has 0 saturated heterocycles. The van der Waals surface area contributed by atoms with Crippen LogP contribution in [0.25, 0.3) is 0 Å². The zero-order valence-electron chi connectivity index (χ0n) is 29.0. The topological polar surface area (TPSA) is 158 Å². The minimum Gasteiger partial charge on any atom is -0.465 e. The summed E-state index contributed by atoms with van der Waals surface area (Å²) in [5, 5.41) is 8.04. The van der Waals surface area contributed by atoms with Gasteiger partial charge >= 0.3 is 24.1 Å². The molecule has 264 valence electrons. The van der Waals surface area contributed by atoms with Crippen molar-refractivity contribution in [1.82, 2.24) is 16.0 Å². The molecule has 2 rings (SSSR count). The number of alkyl carbamates (subject to hydrolysis) is 2. The summed E-state index contributed by atoms with van der Waals surface area (Å²) in [6.45, 7) is 10.9. The van der Waals surface area contributed by atoms with E-state index in [1.165, 1.54) is 0 Å². The Labute approximate surface area is 279 Å². The van der Waals surface area contributed by atoms with Gasteiger partial charge in [-0.15, -0.1) is 0 Å². The highest BCUT2D eigenvalue weighted by molar-refractivity contribution is 5.89. The average molecular weight is 662 g/mol. The maximum atomic E-state index is 13.5. The number of carbonyl (C=O) groups is 5. The summed E-state index contributed by atoms with van der Waals surface area (Å²) in [7, 11) is 0. The largest absolute Gasteiger partial charge is 0.465 e. The summed E-state index contributed by atoms with van der Waals surface area (Å²) in [5.41, 5.74) is -0.708. The predicted molar refractivity (Wildman–Crippen MR) is 176 cm³/mol. The SMILES string of the molecule is CC(C)(C)OC(=O)N[C@@H](CCCOC(=O)C1CCCCC1)C(=O)N[C@@H](CCCCNC(=O)OCc1ccccc1)C(=O)OC(C)(C)C. The fourth-order valence-corrected chi connectivity index (χ4v) is 4.97. The Balaban J connectivity index is 1.95. The van der Waals surface area contributed by atoms with Gasteiger partial charge in [-0.1, -0.05) is 49.6 Å². The third-order valence-electron chi connectivity index (χ3n) is 7.24. The second-order valence-electron chi connectivity index (χ2n) is 13.9. The van der Waals surface area contributed by atoms with Crippen LogP contribution in [0, 0.1) is 5.92 Å².